The van der Waals surface area contributed by atoms with Crippen LogP contribution in [0.2, 0.25) is 0 Å². The van der Waals surface area contributed by atoms with Crippen molar-refractivity contribution >= 4 is 5.78 Å². The average Bonchev–Trinajstić information content (AvgIpc) is 2.89. The van der Waals surface area contributed by atoms with Crippen molar-refractivity contribution in [3.05, 3.63) is 0 Å². The predicted octanol–water partition coefficient (Wildman–Crippen LogP) is 1.86. The van der Waals surface area contributed by atoms with Crippen LogP contribution in [0.4, 0.5) is 0 Å². The highest BCUT2D eigenvalue weighted by Gasteiger charge is 2.35. The maximum atomic E-state index is 10.6. The lowest BCUT2D eigenvalue weighted by Crippen LogP contribution is -2.20. The van der Waals surface area contributed by atoms with Crippen LogP contribution in [0.5, 0.6) is 0 Å². The number of Topliss-reactive ketones (excluding diaryl/α,β-unsaturated/α-hetero) is 1. The van der Waals surface area contributed by atoms with Crippen molar-refractivity contribution in [1.29, 1.82) is 0 Å². The zero-order valence-corrected chi connectivity index (χ0v) is 9.21. The van der Waals surface area contributed by atoms with Crippen LogP contribution in [0.1, 0.15) is 46.0 Å². The Morgan fingerprint density at radius 2 is 2.14 bits per heavy atom. The van der Waals surface area contributed by atoms with Crippen LogP contribution >= 0.6 is 0 Å². The van der Waals surface area contributed by atoms with E-state index in [1.165, 1.54) is 0 Å². The highest BCUT2D eigenvalue weighted by molar-refractivity contribution is 5.75. The molecule has 2 unspecified atom stereocenters. The fraction of sp³-hybridized carbons (Fsp3) is 0.909. The van der Waals surface area contributed by atoms with Gasteiger partial charge in [0.25, 0.3) is 0 Å². The maximum Gasteiger partial charge on any atom is 0.135 e. The first-order valence-corrected chi connectivity index (χ1v) is 5.62. The smallest absolute Gasteiger partial charge is 0.135 e. The molecule has 82 valence electrons. The van der Waals surface area contributed by atoms with Gasteiger partial charge in [0, 0.05) is 6.42 Å². The first-order chi connectivity index (χ1) is 6.74. The van der Waals surface area contributed by atoms with Crippen LogP contribution in [-0.2, 0) is 9.53 Å². The number of ketones is 1. The van der Waals surface area contributed by atoms with Crippen molar-refractivity contribution in [2.24, 2.45) is 0 Å². The Balaban J connectivity index is 1.79. The number of hydrogen-bond acceptors (Lipinski definition) is 3. The van der Waals surface area contributed by atoms with Crippen molar-refractivity contribution in [3.63, 3.8) is 0 Å². The van der Waals surface area contributed by atoms with E-state index in [-0.39, 0.29) is 0 Å². The van der Waals surface area contributed by atoms with E-state index < -0.39 is 0 Å². The lowest BCUT2D eigenvalue weighted by molar-refractivity contribution is -0.117. The van der Waals surface area contributed by atoms with Gasteiger partial charge in [-0.1, -0.05) is 13.3 Å². The molecular formula is C11H21NO2. The SMILES string of the molecule is CCC1OC1NCCCCCC(C)=O. The molecule has 1 aliphatic rings. The van der Waals surface area contributed by atoms with E-state index in [1.807, 2.05) is 0 Å². The van der Waals surface area contributed by atoms with E-state index >= 15 is 0 Å². The molecular weight excluding hydrogens is 178 g/mol. The summed E-state index contributed by atoms with van der Waals surface area (Å²) in [6.45, 7) is 4.81. The molecule has 0 aromatic rings. The Hall–Kier alpha value is -0.410. The number of nitrogens with one attached hydrogen (secondary N) is 1. The number of epoxide rings is 1. The Morgan fingerprint density at radius 1 is 1.36 bits per heavy atom. The van der Waals surface area contributed by atoms with Crippen LogP contribution in [0.3, 0.4) is 0 Å². The molecule has 0 aliphatic carbocycles. The lowest BCUT2D eigenvalue weighted by atomic mass is 10.1. The first-order valence-electron chi connectivity index (χ1n) is 5.62. The molecule has 0 bridgehead atoms. The van der Waals surface area contributed by atoms with E-state index in [0.29, 0.717) is 18.1 Å². The van der Waals surface area contributed by atoms with Gasteiger partial charge in [-0.2, -0.15) is 0 Å². The van der Waals surface area contributed by atoms with Gasteiger partial charge in [-0.3, -0.25) is 5.32 Å². The minimum absolute atomic E-state index is 0.300. The van der Waals surface area contributed by atoms with E-state index in [1.54, 1.807) is 6.92 Å². The Labute approximate surface area is 86.2 Å². The molecule has 2 atom stereocenters. The summed E-state index contributed by atoms with van der Waals surface area (Å²) in [6, 6.07) is 0. The zero-order chi connectivity index (χ0) is 10.4. The molecule has 0 saturated carbocycles. The number of hydrogen-bond donors (Lipinski definition) is 1. The molecule has 14 heavy (non-hydrogen) atoms. The Bertz CT molecular complexity index is 182. The third-order valence-corrected chi connectivity index (χ3v) is 2.54. The summed E-state index contributed by atoms with van der Waals surface area (Å²) < 4.78 is 5.35. The average molecular weight is 199 g/mol. The number of carbonyl (C=O) groups is 1. The van der Waals surface area contributed by atoms with Crippen LogP contribution in [0, 0.1) is 0 Å². The predicted molar refractivity (Wildman–Crippen MR) is 56.1 cm³/mol. The summed E-state index contributed by atoms with van der Waals surface area (Å²) in [5.74, 6) is 0.300. The van der Waals surface area contributed by atoms with Gasteiger partial charge < -0.3 is 9.53 Å². The summed E-state index contributed by atoms with van der Waals surface area (Å²) in [5.41, 5.74) is 0. The second-order valence-corrected chi connectivity index (χ2v) is 3.97. The van der Waals surface area contributed by atoms with Gasteiger partial charge in [0.15, 0.2) is 0 Å². The fourth-order valence-electron chi connectivity index (χ4n) is 1.55. The molecule has 1 rings (SSSR count). The molecule has 0 spiro atoms. The monoisotopic (exact) mass is 199 g/mol. The Kier molecular flexibility index (Phi) is 5.12. The van der Waals surface area contributed by atoms with Crippen LogP contribution in [0.25, 0.3) is 0 Å². The number of ether oxygens (including phenoxy) is 1. The molecule has 1 saturated heterocycles. The van der Waals surface area contributed by atoms with Gasteiger partial charge in [-0.05, 0) is 32.7 Å². The molecule has 0 radical (unpaired) electrons. The van der Waals surface area contributed by atoms with Crippen molar-refractivity contribution in [2.45, 2.75) is 58.3 Å². The summed E-state index contributed by atoms with van der Waals surface area (Å²) in [5, 5.41) is 3.34. The van der Waals surface area contributed by atoms with Crippen LogP contribution < -0.4 is 5.32 Å². The van der Waals surface area contributed by atoms with Gasteiger partial charge in [0.2, 0.25) is 0 Å². The topological polar surface area (TPSA) is 41.6 Å². The van der Waals surface area contributed by atoms with E-state index in [0.717, 1.165) is 38.6 Å². The molecule has 1 fully saturated rings. The fourth-order valence-corrected chi connectivity index (χ4v) is 1.55. The van der Waals surface area contributed by atoms with Gasteiger partial charge in [0.1, 0.15) is 12.0 Å². The van der Waals surface area contributed by atoms with Gasteiger partial charge in [-0.25, -0.2) is 0 Å². The van der Waals surface area contributed by atoms with Crippen molar-refractivity contribution in [1.82, 2.24) is 5.32 Å². The number of carbonyl (C=O) groups excluding carboxylic acids is 1. The molecule has 0 aromatic carbocycles. The minimum atomic E-state index is 0.300. The largest absolute Gasteiger partial charge is 0.353 e. The first kappa shape index (κ1) is 11.7. The number of unbranched alkanes of at least 4 members (excludes halogenated alkanes) is 2. The van der Waals surface area contributed by atoms with Crippen molar-refractivity contribution < 1.29 is 9.53 Å². The summed E-state index contributed by atoms with van der Waals surface area (Å²) in [6.07, 6.45) is 5.90. The van der Waals surface area contributed by atoms with Gasteiger partial charge in [-0.15, -0.1) is 0 Å². The molecule has 3 heteroatoms. The molecule has 1 aliphatic heterocycles. The van der Waals surface area contributed by atoms with E-state index in [9.17, 15) is 4.79 Å². The molecule has 0 amide bonds. The van der Waals surface area contributed by atoms with Gasteiger partial charge in [0.05, 0.1) is 6.10 Å². The van der Waals surface area contributed by atoms with Gasteiger partial charge >= 0.3 is 0 Å². The highest BCUT2D eigenvalue weighted by Crippen LogP contribution is 2.21. The molecule has 1 heterocycles. The third kappa shape index (κ3) is 4.72. The Morgan fingerprint density at radius 3 is 2.71 bits per heavy atom. The normalized spacial score (nSPS) is 25.0. The quantitative estimate of drug-likeness (QED) is 0.479. The van der Waals surface area contributed by atoms with E-state index in [2.05, 4.69) is 12.2 Å². The zero-order valence-electron chi connectivity index (χ0n) is 9.21. The van der Waals surface area contributed by atoms with Crippen molar-refractivity contribution in [2.75, 3.05) is 6.54 Å². The second kappa shape index (κ2) is 6.14. The van der Waals surface area contributed by atoms with Crippen LogP contribution in [0.15, 0.2) is 0 Å². The summed E-state index contributed by atoms with van der Waals surface area (Å²) in [7, 11) is 0. The summed E-state index contributed by atoms with van der Waals surface area (Å²) in [4.78, 5) is 10.6. The standard InChI is InChI=1S/C11H21NO2/c1-3-10-11(14-10)12-8-6-4-5-7-9(2)13/h10-12H,3-8H2,1-2H3. The highest BCUT2D eigenvalue weighted by atomic mass is 16.6. The number of rotatable bonds is 8. The second-order valence-electron chi connectivity index (χ2n) is 3.97. The molecule has 3 nitrogen and oxygen atoms in total. The lowest BCUT2D eigenvalue weighted by Gasteiger charge is -2.00. The minimum Gasteiger partial charge on any atom is -0.353 e. The van der Waals surface area contributed by atoms with Crippen molar-refractivity contribution in [3.8, 4) is 0 Å². The summed E-state index contributed by atoms with van der Waals surface area (Å²) >= 11 is 0. The van der Waals surface area contributed by atoms with Crippen LogP contribution in [-0.4, -0.2) is 24.7 Å². The molecule has 1 N–H and O–H groups in total. The molecule has 0 aromatic heterocycles. The maximum absolute atomic E-state index is 10.6. The third-order valence-electron chi connectivity index (χ3n) is 2.54. The van der Waals surface area contributed by atoms with E-state index in [4.69, 9.17) is 4.74 Å².